The van der Waals surface area contributed by atoms with Gasteiger partial charge in [-0.05, 0) is 49.0 Å². The average molecular weight is 399 g/mol. The number of hydrogen-bond donors (Lipinski definition) is 1. The second kappa shape index (κ2) is 6.79. The average Bonchev–Trinajstić information content (AvgIpc) is 2.45. The van der Waals surface area contributed by atoms with Gasteiger partial charge in [0.25, 0.3) is 5.56 Å². The summed E-state index contributed by atoms with van der Waals surface area (Å²) in [6.07, 6.45) is 4.68. The molecule has 23 heavy (non-hydrogen) atoms. The first-order valence-corrected chi connectivity index (χ1v) is 8.63. The Hall–Kier alpha value is -1.74. The highest BCUT2D eigenvalue weighted by atomic mass is 79.9. The highest BCUT2D eigenvalue weighted by Gasteiger charge is 2.18. The van der Waals surface area contributed by atoms with Crippen LogP contribution in [0.2, 0.25) is 0 Å². The van der Waals surface area contributed by atoms with Gasteiger partial charge in [0, 0.05) is 0 Å². The quantitative estimate of drug-likeness (QED) is 0.367. The molecule has 0 aliphatic rings. The molecule has 0 aromatic carbocycles. The van der Waals surface area contributed by atoms with Crippen LogP contribution in [0.15, 0.2) is 20.6 Å². The number of hydrogen-bond acceptors (Lipinski definition) is 7. The summed E-state index contributed by atoms with van der Waals surface area (Å²) in [6, 6.07) is 0. The van der Waals surface area contributed by atoms with Crippen LogP contribution in [-0.2, 0) is 9.53 Å². The molecule has 0 saturated carbocycles. The smallest absolute Gasteiger partial charge is 0.345 e. The normalized spacial score (nSPS) is 12.5. The molecule has 7 nitrogen and oxygen atoms in total. The Labute approximate surface area is 145 Å². The number of rotatable bonds is 3. The standard InChI is InChI=1S/C14H15BrN4O3S/c1-14(2,3)22-12(21)8(15)5-7-6-16-10-9(17-7)11(20)19-13(18-10)23-4/h5-6H,1-4H3,(H,16,18,19,20)/b8-5+. The number of halogens is 1. The molecule has 0 bridgehead atoms. The molecule has 122 valence electrons. The van der Waals surface area contributed by atoms with E-state index in [4.69, 9.17) is 4.74 Å². The van der Waals surface area contributed by atoms with Gasteiger partial charge in [0.15, 0.2) is 16.3 Å². The topological polar surface area (TPSA) is 97.8 Å². The Morgan fingerprint density at radius 1 is 1.39 bits per heavy atom. The molecule has 2 heterocycles. The van der Waals surface area contributed by atoms with Gasteiger partial charge in [-0.2, -0.15) is 0 Å². The first kappa shape index (κ1) is 17.6. The number of aromatic amines is 1. The van der Waals surface area contributed by atoms with E-state index in [0.29, 0.717) is 10.9 Å². The van der Waals surface area contributed by atoms with Crippen LogP contribution < -0.4 is 5.56 Å². The van der Waals surface area contributed by atoms with Gasteiger partial charge in [-0.1, -0.05) is 11.8 Å². The maximum atomic E-state index is 12.0. The van der Waals surface area contributed by atoms with E-state index in [-0.39, 0.29) is 21.2 Å². The van der Waals surface area contributed by atoms with E-state index in [2.05, 4.69) is 35.9 Å². The van der Waals surface area contributed by atoms with Crippen LogP contribution in [-0.4, -0.2) is 37.8 Å². The van der Waals surface area contributed by atoms with Gasteiger partial charge >= 0.3 is 5.97 Å². The van der Waals surface area contributed by atoms with Gasteiger partial charge < -0.3 is 4.74 Å². The van der Waals surface area contributed by atoms with Gasteiger partial charge in [0.05, 0.1) is 11.9 Å². The Morgan fingerprint density at radius 3 is 2.70 bits per heavy atom. The molecule has 1 N–H and O–H groups in total. The number of esters is 1. The number of nitrogens with one attached hydrogen (secondary N) is 1. The lowest BCUT2D eigenvalue weighted by Gasteiger charge is -2.19. The molecule has 2 aromatic heterocycles. The van der Waals surface area contributed by atoms with Crippen LogP contribution in [0.5, 0.6) is 0 Å². The summed E-state index contributed by atoms with van der Waals surface area (Å²) in [5, 5.41) is 0.468. The van der Waals surface area contributed by atoms with E-state index >= 15 is 0 Å². The Balaban J connectivity index is 2.37. The Kier molecular flexibility index (Phi) is 5.20. The van der Waals surface area contributed by atoms with Crippen molar-refractivity contribution in [3.63, 3.8) is 0 Å². The Bertz CT molecular complexity index is 842. The van der Waals surface area contributed by atoms with Crippen molar-refractivity contribution in [1.29, 1.82) is 0 Å². The predicted molar refractivity (Wildman–Crippen MR) is 92.5 cm³/mol. The van der Waals surface area contributed by atoms with Gasteiger partial charge in [-0.3, -0.25) is 9.78 Å². The summed E-state index contributed by atoms with van der Waals surface area (Å²) >= 11 is 4.46. The lowest BCUT2D eigenvalue weighted by atomic mass is 10.2. The molecule has 0 amide bonds. The van der Waals surface area contributed by atoms with E-state index in [1.165, 1.54) is 24.0 Å². The zero-order chi connectivity index (χ0) is 17.2. The molecule has 0 aliphatic heterocycles. The number of carbonyl (C=O) groups is 1. The number of aromatic nitrogens is 4. The first-order chi connectivity index (χ1) is 10.7. The lowest BCUT2D eigenvalue weighted by molar-refractivity contribution is -0.148. The van der Waals surface area contributed by atoms with Crippen LogP contribution >= 0.6 is 27.7 Å². The van der Waals surface area contributed by atoms with Crippen molar-refractivity contribution in [2.24, 2.45) is 0 Å². The van der Waals surface area contributed by atoms with Crippen LogP contribution in [0, 0.1) is 0 Å². The zero-order valence-electron chi connectivity index (χ0n) is 13.0. The summed E-state index contributed by atoms with van der Waals surface area (Å²) in [6.45, 7) is 5.32. The third-order valence-electron chi connectivity index (χ3n) is 2.48. The van der Waals surface area contributed by atoms with Crippen molar-refractivity contribution in [3.05, 3.63) is 26.7 Å². The number of H-pyrrole nitrogens is 1. The molecular formula is C14H15BrN4O3S. The maximum absolute atomic E-state index is 12.0. The molecule has 9 heteroatoms. The van der Waals surface area contributed by atoms with Crippen LogP contribution in [0.25, 0.3) is 17.2 Å². The molecule has 0 unspecified atom stereocenters. The minimum Gasteiger partial charge on any atom is -0.456 e. The predicted octanol–water partition coefficient (Wildman–Crippen LogP) is 2.51. The minimum absolute atomic E-state index is 0.112. The molecule has 0 spiro atoms. The number of thioether (sulfide) groups is 1. The zero-order valence-corrected chi connectivity index (χ0v) is 15.4. The van der Waals surface area contributed by atoms with Crippen molar-refractivity contribution in [1.82, 2.24) is 19.9 Å². The third kappa shape index (κ3) is 4.61. The van der Waals surface area contributed by atoms with Gasteiger partial charge in [-0.25, -0.2) is 19.7 Å². The second-order valence-corrected chi connectivity index (χ2v) is 7.19. The second-order valence-electron chi connectivity index (χ2n) is 5.54. The summed E-state index contributed by atoms with van der Waals surface area (Å²) in [5.41, 5.74) is -0.270. The number of nitrogens with zero attached hydrogens (tertiary/aromatic N) is 3. The summed E-state index contributed by atoms with van der Waals surface area (Å²) in [4.78, 5) is 39.0. The molecule has 0 fully saturated rings. The largest absolute Gasteiger partial charge is 0.456 e. The molecule has 0 atom stereocenters. The molecule has 0 aliphatic carbocycles. The highest BCUT2D eigenvalue weighted by molar-refractivity contribution is 9.12. The van der Waals surface area contributed by atoms with Crippen LogP contribution in [0.1, 0.15) is 26.5 Å². The van der Waals surface area contributed by atoms with Gasteiger partial charge in [0.1, 0.15) is 10.1 Å². The maximum Gasteiger partial charge on any atom is 0.345 e. The molecule has 2 rings (SSSR count). The molecule has 2 aromatic rings. The highest BCUT2D eigenvalue weighted by Crippen LogP contribution is 2.18. The van der Waals surface area contributed by atoms with Gasteiger partial charge in [-0.15, -0.1) is 0 Å². The SMILES string of the molecule is CSc1nc2ncc(/C=C(/Br)C(=O)OC(C)(C)C)nc2c(=O)[nH]1. The van der Waals surface area contributed by atoms with Crippen molar-refractivity contribution in [2.75, 3.05) is 6.26 Å². The van der Waals surface area contributed by atoms with Crippen molar-refractivity contribution in [2.45, 2.75) is 31.5 Å². The van der Waals surface area contributed by atoms with Crippen LogP contribution in [0.4, 0.5) is 0 Å². The van der Waals surface area contributed by atoms with E-state index < -0.39 is 11.6 Å². The molecule has 0 saturated heterocycles. The molecular weight excluding hydrogens is 384 g/mol. The van der Waals surface area contributed by atoms with E-state index in [9.17, 15) is 9.59 Å². The van der Waals surface area contributed by atoms with Crippen LogP contribution in [0.3, 0.4) is 0 Å². The van der Waals surface area contributed by atoms with Crippen molar-refractivity contribution >= 4 is 50.9 Å². The number of ether oxygens (including phenoxy) is 1. The fourth-order valence-electron chi connectivity index (χ4n) is 1.59. The fraction of sp³-hybridized carbons (Fsp3) is 0.357. The van der Waals surface area contributed by atoms with E-state index in [1.807, 2.05) is 0 Å². The van der Waals surface area contributed by atoms with E-state index in [1.54, 1.807) is 27.0 Å². The minimum atomic E-state index is -0.603. The van der Waals surface area contributed by atoms with E-state index in [0.717, 1.165) is 0 Å². The summed E-state index contributed by atoms with van der Waals surface area (Å²) < 4.78 is 5.41. The Morgan fingerprint density at radius 2 is 2.09 bits per heavy atom. The summed E-state index contributed by atoms with van der Waals surface area (Å²) in [5.74, 6) is -0.524. The number of carbonyl (C=O) groups excluding carboxylic acids is 1. The number of fused-ring (bicyclic) bond motifs is 1. The van der Waals surface area contributed by atoms with Gasteiger partial charge in [0.2, 0.25) is 0 Å². The molecule has 0 radical (unpaired) electrons. The lowest BCUT2D eigenvalue weighted by Crippen LogP contribution is -2.23. The third-order valence-corrected chi connectivity index (χ3v) is 3.61. The summed E-state index contributed by atoms with van der Waals surface area (Å²) in [7, 11) is 0. The monoisotopic (exact) mass is 398 g/mol. The van der Waals surface area contributed by atoms with Crippen molar-refractivity contribution < 1.29 is 9.53 Å². The fourth-order valence-corrected chi connectivity index (χ4v) is 2.28. The first-order valence-electron chi connectivity index (χ1n) is 6.61. The van der Waals surface area contributed by atoms with Crippen molar-refractivity contribution in [3.8, 4) is 0 Å².